The molecule has 0 unspecified atom stereocenters. The second-order valence-corrected chi connectivity index (χ2v) is 7.13. The van der Waals surface area contributed by atoms with Crippen LogP contribution in [-0.2, 0) is 9.53 Å². The maximum absolute atomic E-state index is 12.5. The maximum Gasteiger partial charge on any atom is 0.237 e. The number of hydrogen-bond acceptors (Lipinski definition) is 7. The summed E-state index contributed by atoms with van der Waals surface area (Å²) in [5, 5.41) is 6.49. The minimum atomic E-state index is -0.159. The van der Waals surface area contributed by atoms with Crippen LogP contribution in [0.4, 0.5) is 5.82 Å². The number of H-pyrrole nitrogens is 1. The molecule has 0 radical (unpaired) electrons. The highest BCUT2D eigenvalue weighted by molar-refractivity contribution is 5.82. The Labute approximate surface area is 151 Å². The number of ether oxygens (including phenoxy) is 1. The van der Waals surface area contributed by atoms with Gasteiger partial charge in [0.1, 0.15) is 18.1 Å². The number of carbonyl (C=O) groups is 1. The number of nitrogens with one attached hydrogen (secondary N) is 3. The lowest BCUT2D eigenvalue weighted by Crippen LogP contribution is -2.53. The standard InChI is InChI=1S/C17H25N7O2/c1-10-11(22-17(25)12-4-3-7-24(12)2)5-6-13(26-10)23-16-14-15(19-8-18-14)20-9-21-16/h8-13H,3-7H2,1-2H3,(H,22,25)(H2,18,19,20,21,23)/t10-,11+,12+,13-/m0/s1. The highest BCUT2D eigenvalue weighted by Gasteiger charge is 2.33. The van der Waals surface area contributed by atoms with Crippen LogP contribution in [0, 0.1) is 0 Å². The summed E-state index contributed by atoms with van der Waals surface area (Å²) >= 11 is 0. The smallest absolute Gasteiger partial charge is 0.237 e. The van der Waals surface area contributed by atoms with Gasteiger partial charge in [0.25, 0.3) is 0 Å². The number of fused-ring (bicyclic) bond motifs is 1. The van der Waals surface area contributed by atoms with Crippen molar-refractivity contribution in [2.24, 2.45) is 0 Å². The van der Waals surface area contributed by atoms with Gasteiger partial charge in [-0.15, -0.1) is 0 Å². The zero-order valence-electron chi connectivity index (χ0n) is 15.1. The summed E-state index contributed by atoms with van der Waals surface area (Å²) < 4.78 is 6.08. The first-order chi connectivity index (χ1) is 12.6. The predicted molar refractivity (Wildman–Crippen MR) is 96.5 cm³/mol. The quantitative estimate of drug-likeness (QED) is 0.743. The van der Waals surface area contributed by atoms with E-state index >= 15 is 0 Å². The molecule has 0 saturated carbocycles. The van der Waals surface area contributed by atoms with Crippen molar-refractivity contribution in [1.29, 1.82) is 0 Å². The Balaban J connectivity index is 1.35. The van der Waals surface area contributed by atoms with Crippen LogP contribution in [0.2, 0.25) is 0 Å². The molecule has 2 fully saturated rings. The van der Waals surface area contributed by atoms with Crippen molar-refractivity contribution in [3.8, 4) is 0 Å². The maximum atomic E-state index is 12.5. The summed E-state index contributed by atoms with van der Waals surface area (Å²) in [5.41, 5.74) is 1.39. The first-order valence-corrected chi connectivity index (χ1v) is 9.18. The minimum Gasteiger partial charge on any atom is -0.353 e. The molecule has 0 spiro atoms. The van der Waals surface area contributed by atoms with Crippen molar-refractivity contribution in [2.45, 2.75) is 57.0 Å². The van der Waals surface area contributed by atoms with E-state index in [1.807, 2.05) is 14.0 Å². The van der Waals surface area contributed by atoms with Crippen molar-refractivity contribution >= 4 is 22.9 Å². The van der Waals surface area contributed by atoms with Gasteiger partial charge in [-0.25, -0.2) is 15.0 Å². The molecule has 3 N–H and O–H groups in total. The van der Waals surface area contributed by atoms with Gasteiger partial charge in [0.05, 0.1) is 24.5 Å². The molecule has 0 aliphatic carbocycles. The Kier molecular flexibility index (Phi) is 4.73. The molecule has 2 aromatic rings. The van der Waals surface area contributed by atoms with E-state index in [2.05, 4.69) is 35.5 Å². The van der Waals surface area contributed by atoms with Gasteiger partial charge in [0.2, 0.25) is 5.91 Å². The topological polar surface area (TPSA) is 108 Å². The van der Waals surface area contributed by atoms with Crippen LogP contribution < -0.4 is 10.6 Å². The largest absolute Gasteiger partial charge is 0.353 e. The van der Waals surface area contributed by atoms with Gasteiger partial charge in [-0.3, -0.25) is 9.69 Å². The number of aromatic amines is 1. The molecule has 2 aliphatic heterocycles. The number of aromatic nitrogens is 4. The molecule has 4 rings (SSSR count). The molecule has 4 heterocycles. The van der Waals surface area contributed by atoms with Crippen molar-refractivity contribution < 1.29 is 9.53 Å². The van der Waals surface area contributed by atoms with Crippen LogP contribution in [0.25, 0.3) is 11.2 Å². The van der Waals surface area contributed by atoms with Gasteiger partial charge in [0.15, 0.2) is 11.5 Å². The van der Waals surface area contributed by atoms with E-state index in [0.717, 1.165) is 37.7 Å². The molecule has 1 amide bonds. The van der Waals surface area contributed by atoms with Gasteiger partial charge < -0.3 is 20.4 Å². The van der Waals surface area contributed by atoms with Gasteiger partial charge in [-0.2, -0.15) is 0 Å². The molecule has 2 saturated heterocycles. The molecule has 2 aliphatic rings. The molecular formula is C17H25N7O2. The number of amides is 1. The highest BCUT2D eigenvalue weighted by Crippen LogP contribution is 2.24. The minimum absolute atomic E-state index is 0.00673. The molecule has 140 valence electrons. The molecular weight excluding hydrogens is 334 g/mol. The van der Waals surface area contributed by atoms with E-state index in [1.165, 1.54) is 6.33 Å². The number of carbonyl (C=O) groups excluding carboxylic acids is 1. The molecule has 2 aromatic heterocycles. The zero-order valence-corrected chi connectivity index (χ0v) is 15.1. The average molecular weight is 359 g/mol. The third kappa shape index (κ3) is 3.36. The number of rotatable bonds is 4. The van der Waals surface area contributed by atoms with Crippen LogP contribution in [0.1, 0.15) is 32.6 Å². The van der Waals surface area contributed by atoms with Crippen LogP contribution in [0.15, 0.2) is 12.7 Å². The van der Waals surface area contributed by atoms with Crippen LogP contribution in [-0.4, -0.2) is 68.8 Å². The molecule has 26 heavy (non-hydrogen) atoms. The monoisotopic (exact) mass is 359 g/mol. The Morgan fingerprint density at radius 1 is 1.31 bits per heavy atom. The van der Waals surface area contributed by atoms with Crippen molar-refractivity contribution in [2.75, 3.05) is 18.9 Å². The third-order valence-corrected chi connectivity index (χ3v) is 5.36. The fourth-order valence-electron chi connectivity index (χ4n) is 3.83. The first-order valence-electron chi connectivity index (χ1n) is 9.18. The number of imidazole rings is 1. The van der Waals surface area contributed by atoms with Crippen LogP contribution in [0.3, 0.4) is 0 Å². The number of likely N-dealkylation sites (N-methyl/N-ethyl adjacent to an activating group) is 1. The predicted octanol–water partition coefficient (Wildman–Crippen LogP) is 0.869. The van der Waals surface area contributed by atoms with Crippen molar-refractivity contribution in [1.82, 2.24) is 30.2 Å². The van der Waals surface area contributed by atoms with Gasteiger partial charge in [0, 0.05) is 0 Å². The molecule has 9 heteroatoms. The number of anilines is 1. The van der Waals surface area contributed by atoms with Crippen LogP contribution in [0.5, 0.6) is 0 Å². The Morgan fingerprint density at radius 2 is 2.19 bits per heavy atom. The average Bonchev–Trinajstić information content (AvgIpc) is 3.26. The fraction of sp³-hybridized carbons (Fsp3) is 0.647. The van der Waals surface area contributed by atoms with E-state index in [-0.39, 0.29) is 30.3 Å². The molecule has 0 aromatic carbocycles. The third-order valence-electron chi connectivity index (χ3n) is 5.36. The SMILES string of the molecule is C[C@@H]1O[C@H](Nc2ncnc3nc[nH]c23)CC[C@H]1NC(=O)[C@H]1CCCN1C. The molecule has 4 atom stereocenters. The summed E-state index contributed by atoms with van der Waals surface area (Å²) in [4.78, 5) is 30.2. The summed E-state index contributed by atoms with van der Waals surface area (Å²) in [5.74, 6) is 0.798. The first kappa shape index (κ1) is 17.2. The Bertz CT molecular complexity index is 779. The summed E-state index contributed by atoms with van der Waals surface area (Å²) in [7, 11) is 2.01. The van der Waals surface area contributed by atoms with E-state index in [1.54, 1.807) is 6.33 Å². The van der Waals surface area contributed by atoms with Crippen molar-refractivity contribution in [3.05, 3.63) is 12.7 Å². The number of hydrogen-bond donors (Lipinski definition) is 3. The highest BCUT2D eigenvalue weighted by atomic mass is 16.5. The normalized spacial score (nSPS) is 29.8. The second kappa shape index (κ2) is 7.16. The van der Waals surface area contributed by atoms with E-state index in [0.29, 0.717) is 11.5 Å². The Morgan fingerprint density at radius 3 is 2.96 bits per heavy atom. The van der Waals surface area contributed by atoms with Crippen LogP contribution >= 0.6 is 0 Å². The van der Waals surface area contributed by atoms with E-state index in [9.17, 15) is 4.79 Å². The summed E-state index contributed by atoms with van der Waals surface area (Å²) in [6, 6.07) is 0.0276. The van der Waals surface area contributed by atoms with Gasteiger partial charge >= 0.3 is 0 Å². The molecule has 9 nitrogen and oxygen atoms in total. The fourth-order valence-corrected chi connectivity index (χ4v) is 3.83. The number of nitrogens with zero attached hydrogens (tertiary/aromatic N) is 4. The zero-order chi connectivity index (χ0) is 18.1. The van der Waals surface area contributed by atoms with Crippen molar-refractivity contribution in [3.63, 3.8) is 0 Å². The molecule has 0 bridgehead atoms. The Hall–Kier alpha value is -2.26. The number of likely N-dealkylation sites (tertiary alicyclic amines) is 1. The van der Waals surface area contributed by atoms with E-state index in [4.69, 9.17) is 4.74 Å². The second-order valence-electron chi connectivity index (χ2n) is 7.13. The lowest BCUT2D eigenvalue weighted by Gasteiger charge is -2.36. The van der Waals surface area contributed by atoms with Gasteiger partial charge in [-0.05, 0) is 46.2 Å². The summed E-state index contributed by atoms with van der Waals surface area (Å²) in [6.45, 7) is 2.99. The lowest BCUT2D eigenvalue weighted by atomic mass is 10.0. The van der Waals surface area contributed by atoms with E-state index < -0.39 is 0 Å². The van der Waals surface area contributed by atoms with Gasteiger partial charge in [-0.1, -0.05) is 0 Å². The summed E-state index contributed by atoms with van der Waals surface area (Å²) in [6.07, 6.45) is 6.51. The lowest BCUT2D eigenvalue weighted by molar-refractivity contribution is -0.128.